The number of amides is 1. The van der Waals surface area contributed by atoms with Crippen molar-refractivity contribution < 1.29 is 9.32 Å². The van der Waals surface area contributed by atoms with Crippen LogP contribution in [-0.2, 0) is 17.8 Å². The molecule has 1 N–H and O–H groups in total. The monoisotopic (exact) mass is 370 g/mol. The molecular weight excluding hydrogens is 348 g/mol. The van der Waals surface area contributed by atoms with Crippen LogP contribution < -0.4 is 5.32 Å². The summed E-state index contributed by atoms with van der Waals surface area (Å²) in [5.74, 6) is 0.672. The van der Waals surface area contributed by atoms with Crippen LogP contribution in [0.25, 0.3) is 0 Å². The molecule has 0 fully saturated rings. The predicted octanol–water partition coefficient (Wildman–Crippen LogP) is 3.41. The zero-order chi connectivity index (χ0) is 18.5. The number of carbonyl (C=O) groups excluding carboxylic acids is 1. The minimum atomic E-state index is -0.0934. The zero-order valence-corrected chi connectivity index (χ0v) is 16.0. The second-order valence-corrected chi connectivity index (χ2v) is 7.56. The van der Waals surface area contributed by atoms with E-state index in [9.17, 15) is 4.79 Å². The smallest absolute Gasteiger partial charge is 0.240 e. The van der Waals surface area contributed by atoms with Crippen LogP contribution in [-0.4, -0.2) is 34.5 Å². The van der Waals surface area contributed by atoms with Crippen LogP contribution in [0.3, 0.4) is 0 Å². The van der Waals surface area contributed by atoms with Crippen molar-refractivity contribution in [3.63, 3.8) is 0 Å². The van der Waals surface area contributed by atoms with Crippen LogP contribution >= 0.6 is 11.3 Å². The lowest BCUT2D eigenvalue weighted by Crippen LogP contribution is -2.29. The molecule has 6 nitrogen and oxygen atoms in total. The normalized spacial score (nSPS) is 11.1. The molecule has 136 valence electrons. The highest BCUT2D eigenvalue weighted by Crippen LogP contribution is 2.21. The highest BCUT2D eigenvalue weighted by molar-refractivity contribution is 7.15. The molecular formula is C19H22N4O2S. The van der Waals surface area contributed by atoms with Crippen LogP contribution in [0.4, 0.5) is 5.13 Å². The quantitative estimate of drug-likeness (QED) is 0.690. The van der Waals surface area contributed by atoms with Crippen molar-refractivity contribution in [1.82, 2.24) is 15.0 Å². The van der Waals surface area contributed by atoms with Gasteiger partial charge in [0.25, 0.3) is 0 Å². The average Bonchev–Trinajstić information content (AvgIpc) is 3.16. The fraction of sp³-hybridized carbons (Fsp3) is 0.316. The Hall–Kier alpha value is -2.51. The van der Waals surface area contributed by atoms with Crippen molar-refractivity contribution in [2.75, 3.05) is 18.9 Å². The first kappa shape index (κ1) is 18.3. The predicted molar refractivity (Wildman–Crippen MR) is 102 cm³/mol. The summed E-state index contributed by atoms with van der Waals surface area (Å²) in [6.45, 7) is 4.75. The maximum absolute atomic E-state index is 12.2. The average molecular weight is 370 g/mol. The van der Waals surface area contributed by atoms with Crippen molar-refractivity contribution in [2.24, 2.45) is 0 Å². The number of nitrogens with one attached hydrogen (secondary N) is 1. The Bertz CT molecular complexity index is 887. The fourth-order valence-corrected chi connectivity index (χ4v) is 3.56. The summed E-state index contributed by atoms with van der Waals surface area (Å²) in [5, 5.41) is 7.43. The number of carbonyl (C=O) groups is 1. The van der Waals surface area contributed by atoms with Gasteiger partial charge in [0.05, 0.1) is 12.2 Å². The first-order valence-electron chi connectivity index (χ1n) is 8.39. The molecule has 0 unspecified atom stereocenters. The van der Waals surface area contributed by atoms with Crippen LogP contribution in [0.15, 0.2) is 41.1 Å². The maximum Gasteiger partial charge on any atom is 0.240 e. The maximum atomic E-state index is 12.2. The molecule has 1 amide bonds. The van der Waals surface area contributed by atoms with Gasteiger partial charge in [-0.25, -0.2) is 4.98 Å². The SMILES string of the molecule is Cc1cccc(Cc2cnc(NC(=O)CN(C)Cc3cc(C)on3)s2)c1. The number of aromatic nitrogens is 2. The minimum Gasteiger partial charge on any atom is -0.361 e. The molecule has 0 atom stereocenters. The molecule has 2 aromatic heterocycles. The number of thiazole rings is 1. The molecule has 2 heterocycles. The van der Waals surface area contributed by atoms with Gasteiger partial charge < -0.3 is 9.84 Å². The third kappa shape index (κ3) is 5.24. The molecule has 3 rings (SSSR count). The third-order valence-electron chi connectivity index (χ3n) is 3.78. The third-order valence-corrected chi connectivity index (χ3v) is 4.70. The molecule has 0 radical (unpaired) electrons. The van der Waals surface area contributed by atoms with Gasteiger partial charge in [-0.2, -0.15) is 0 Å². The Morgan fingerprint density at radius 1 is 1.31 bits per heavy atom. The van der Waals surface area contributed by atoms with Crippen LogP contribution in [0, 0.1) is 13.8 Å². The van der Waals surface area contributed by atoms with Gasteiger partial charge in [0.15, 0.2) is 5.13 Å². The molecule has 1 aromatic carbocycles. The van der Waals surface area contributed by atoms with Gasteiger partial charge in [-0.1, -0.05) is 35.0 Å². The lowest BCUT2D eigenvalue weighted by atomic mass is 10.1. The molecule has 0 saturated carbocycles. The first-order chi connectivity index (χ1) is 12.5. The van der Waals surface area contributed by atoms with E-state index in [4.69, 9.17) is 4.52 Å². The summed E-state index contributed by atoms with van der Waals surface area (Å²) in [6.07, 6.45) is 2.64. The van der Waals surface area contributed by atoms with E-state index in [1.165, 1.54) is 22.5 Å². The van der Waals surface area contributed by atoms with Gasteiger partial charge in [-0.15, -0.1) is 11.3 Å². The largest absolute Gasteiger partial charge is 0.361 e. The van der Waals surface area contributed by atoms with Crippen molar-refractivity contribution >= 4 is 22.4 Å². The molecule has 0 aliphatic carbocycles. The number of hydrogen-bond acceptors (Lipinski definition) is 6. The van der Waals surface area contributed by atoms with E-state index in [1.807, 2.05) is 31.1 Å². The topological polar surface area (TPSA) is 71.3 Å². The number of likely N-dealkylation sites (N-methyl/N-ethyl adjacent to an activating group) is 1. The van der Waals surface area contributed by atoms with Crippen LogP contribution in [0.5, 0.6) is 0 Å². The van der Waals surface area contributed by atoms with E-state index in [2.05, 4.69) is 46.6 Å². The Morgan fingerprint density at radius 2 is 2.15 bits per heavy atom. The van der Waals surface area contributed by atoms with E-state index in [-0.39, 0.29) is 12.5 Å². The molecule has 0 aliphatic heterocycles. The number of benzene rings is 1. The molecule has 0 bridgehead atoms. The summed E-state index contributed by atoms with van der Waals surface area (Å²) >= 11 is 1.51. The van der Waals surface area contributed by atoms with Crippen molar-refractivity contribution in [1.29, 1.82) is 0 Å². The highest BCUT2D eigenvalue weighted by atomic mass is 32.1. The second-order valence-electron chi connectivity index (χ2n) is 6.45. The number of rotatable bonds is 7. The molecule has 26 heavy (non-hydrogen) atoms. The Balaban J connectivity index is 1.50. The van der Waals surface area contributed by atoms with Crippen molar-refractivity contribution in [2.45, 2.75) is 26.8 Å². The van der Waals surface area contributed by atoms with Crippen molar-refractivity contribution in [3.05, 3.63) is 64.0 Å². The molecule has 7 heteroatoms. The van der Waals surface area contributed by atoms with E-state index in [0.29, 0.717) is 11.7 Å². The fourth-order valence-electron chi connectivity index (χ4n) is 2.70. The Labute approximate surface area is 156 Å². The standard InChI is InChI=1S/C19H22N4O2S/c1-13-5-4-6-15(7-13)9-17-10-20-19(26-17)21-18(24)12-23(3)11-16-8-14(2)25-22-16/h4-8,10H,9,11-12H2,1-3H3,(H,20,21,24). The van der Waals surface area contributed by atoms with Crippen molar-refractivity contribution in [3.8, 4) is 0 Å². The molecule has 0 aliphatic rings. The lowest BCUT2D eigenvalue weighted by molar-refractivity contribution is -0.117. The minimum absolute atomic E-state index is 0.0934. The van der Waals surface area contributed by atoms with Gasteiger partial charge in [0.1, 0.15) is 5.76 Å². The summed E-state index contributed by atoms with van der Waals surface area (Å²) in [6, 6.07) is 10.3. The number of nitrogens with zero attached hydrogens (tertiary/aromatic N) is 3. The lowest BCUT2D eigenvalue weighted by Gasteiger charge is -2.13. The number of aryl methyl sites for hydroxylation is 2. The van der Waals surface area contributed by atoms with Gasteiger partial charge in [-0.05, 0) is 26.5 Å². The Morgan fingerprint density at radius 3 is 2.88 bits per heavy atom. The van der Waals surface area contributed by atoms with Gasteiger partial charge in [0.2, 0.25) is 5.91 Å². The van der Waals surface area contributed by atoms with E-state index in [1.54, 1.807) is 0 Å². The van der Waals surface area contributed by atoms with Crippen LogP contribution in [0.1, 0.15) is 27.5 Å². The summed E-state index contributed by atoms with van der Waals surface area (Å²) in [4.78, 5) is 19.5. The van der Waals surface area contributed by atoms with E-state index in [0.717, 1.165) is 22.8 Å². The highest BCUT2D eigenvalue weighted by Gasteiger charge is 2.12. The van der Waals surface area contributed by atoms with Gasteiger partial charge >= 0.3 is 0 Å². The van der Waals surface area contributed by atoms with E-state index < -0.39 is 0 Å². The van der Waals surface area contributed by atoms with Gasteiger partial charge in [0, 0.05) is 30.1 Å². The number of hydrogen-bond donors (Lipinski definition) is 1. The molecule has 0 saturated heterocycles. The number of anilines is 1. The summed E-state index contributed by atoms with van der Waals surface area (Å²) in [7, 11) is 1.87. The summed E-state index contributed by atoms with van der Waals surface area (Å²) in [5.41, 5.74) is 3.30. The molecule has 3 aromatic rings. The summed E-state index contributed by atoms with van der Waals surface area (Å²) < 4.78 is 5.04. The first-order valence-corrected chi connectivity index (χ1v) is 9.20. The second kappa shape index (κ2) is 8.25. The Kier molecular flexibility index (Phi) is 5.80. The van der Waals surface area contributed by atoms with Crippen LogP contribution in [0.2, 0.25) is 0 Å². The van der Waals surface area contributed by atoms with E-state index >= 15 is 0 Å². The zero-order valence-electron chi connectivity index (χ0n) is 15.2. The van der Waals surface area contributed by atoms with Gasteiger partial charge in [-0.3, -0.25) is 9.69 Å². The molecule has 0 spiro atoms.